The topological polar surface area (TPSA) is 121 Å². The van der Waals surface area contributed by atoms with Gasteiger partial charge in [0.05, 0.1) is 13.0 Å². The monoisotopic (exact) mass is 307 g/mol. The lowest BCUT2D eigenvalue weighted by atomic mass is 10.2. The molecule has 20 heavy (non-hydrogen) atoms. The van der Waals surface area contributed by atoms with Crippen LogP contribution in [0, 0.1) is 0 Å². The van der Waals surface area contributed by atoms with Crippen LogP contribution in [0.2, 0.25) is 0 Å². The van der Waals surface area contributed by atoms with E-state index in [1.165, 1.54) is 7.05 Å². The predicted molar refractivity (Wildman–Crippen MR) is 72.0 cm³/mol. The molecule has 1 aliphatic rings. The van der Waals surface area contributed by atoms with Crippen LogP contribution in [0.5, 0.6) is 0 Å². The Labute approximate surface area is 118 Å². The first-order chi connectivity index (χ1) is 9.25. The molecule has 0 aliphatic heterocycles. The fraction of sp³-hybridized carbons (Fsp3) is 0.818. The smallest absolute Gasteiger partial charge is 0.304 e. The van der Waals surface area contributed by atoms with E-state index in [4.69, 9.17) is 10.8 Å². The number of carboxylic acid groups (broad SMARTS) is 1. The van der Waals surface area contributed by atoms with Gasteiger partial charge in [0.1, 0.15) is 0 Å². The van der Waals surface area contributed by atoms with E-state index >= 15 is 0 Å². The molecule has 1 saturated carbocycles. The normalized spacial score (nSPS) is 16.9. The average Bonchev–Trinajstić information content (AvgIpc) is 2.85. The molecule has 0 unspecified atom stereocenters. The van der Waals surface area contributed by atoms with Crippen molar-refractivity contribution in [3.05, 3.63) is 0 Å². The van der Waals surface area contributed by atoms with Gasteiger partial charge in [-0.2, -0.15) is 17.0 Å². The molecule has 0 spiro atoms. The summed E-state index contributed by atoms with van der Waals surface area (Å²) in [6.45, 7) is -0.510. The van der Waals surface area contributed by atoms with Crippen molar-refractivity contribution in [1.29, 1.82) is 0 Å². The molecule has 3 N–H and O–H groups in total. The largest absolute Gasteiger partial charge is 0.481 e. The quantitative estimate of drug-likeness (QED) is 0.618. The first-order valence-electron chi connectivity index (χ1n) is 6.48. The minimum absolute atomic E-state index is 0.139. The van der Waals surface area contributed by atoms with E-state index in [9.17, 15) is 18.0 Å². The van der Waals surface area contributed by atoms with Crippen molar-refractivity contribution < 1.29 is 23.1 Å². The van der Waals surface area contributed by atoms with Gasteiger partial charge in [-0.3, -0.25) is 9.59 Å². The third kappa shape index (κ3) is 4.43. The molecule has 1 amide bonds. The van der Waals surface area contributed by atoms with Gasteiger partial charge in [-0.1, -0.05) is 12.8 Å². The first kappa shape index (κ1) is 16.9. The van der Waals surface area contributed by atoms with Crippen LogP contribution in [-0.2, 0) is 19.8 Å². The summed E-state index contributed by atoms with van der Waals surface area (Å²) in [5, 5.41) is 8.61. The Morgan fingerprint density at radius 1 is 1.30 bits per heavy atom. The first-order valence-corrected chi connectivity index (χ1v) is 7.88. The summed E-state index contributed by atoms with van der Waals surface area (Å²) in [6, 6.07) is -0.236. The molecular formula is C11H21N3O5S. The fourth-order valence-electron chi connectivity index (χ4n) is 2.29. The second-order valence-corrected chi connectivity index (χ2v) is 6.91. The molecule has 0 atom stereocenters. The molecule has 1 rings (SSSR count). The number of rotatable bonds is 8. The second kappa shape index (κ2) is 7.00. The molecule has 1 aliphatic carbocycles. The number of hydrogen-bond donors (Lipinski definition) is 2. The van der Waals surface area contributed by atoms with E-state index in [0.717, 1.165) is 21.5 Å². The maximum atomic E-state index is 12.4. The minimum atomic E-state index is -3.87. The Bertz CT molecular complexity index is 459. The molecule has 0 saturated heterocycles. The minimum Gasteiger partial charge on any atom is -0.481 e. The summed E-state index contributed by atoms with van der Waals surface area (Å²) in [5.74, 6) is -1.79. The highest BCUT2D eigenvalue weighted by Crippen LogP contribution is 2.26. The van der Waals surface area contributed by atoms with E-state index in [-0.39, 0.29) is 25.6 Å². The zero-order valence-corrected chi connectivity index (χ0v) is 12.3. The summed E-state index contributed by atoms with van der Waals surface area (Å²) >= 11 is 0. The zero-order valence-electron chi connectivity index (χ0n) is 11.5. The van der Waals surface area contributed by atoms with Crippen LogP contribution in [0.1, 0.15) is 32.1 Å². The van der Waals surface area contributed by atoms with Gasteiger partial charge >= 0.3 is 5.97 Å². The van der Waals surface area contributed by atoms with Crippen molar-refractivity contribution in [3.63, 3.8) is 0 Å². The van der Waals surface area contributed by atoms with Crippen molar-refractivity contribution in [1.82, 2.24) is 8.61 Å². The summed E-state index contributed by atoms with van der Waals surface area (Å²) in [5.41, 5.74) is 5.12. The molecule has 8 nitrogen and oxygen atoms in total. The van der Waals surface area contributed by atoms with Gasteiger partial charge < -0.3 is 10.8 Å². The number of hydrogen-bond acceptors (Lipinski definition) is 4. The Balaban J connectivity index is 2.85. The van der Waals surface area contributed by atoms with E-state index < -0.39 is 22.1 Å². The Morgan fingerprint density at radius 3 is 2.30 bits per heavy atom. The van der Waals surface area contributed by atoms with Gasteiger partial charge in [0.25, 0.3) is 10.2 Å². The lowest BCUT2D eigenvalue weighted by Crippen LogP contribution is -2.50. The molecule has 0 radical (unpaired) electrons. The van der Waals surface area contributed by atoms with Crippen molar-refractivity contribution in [2.24, 2.45) is 5.73 Å². The van der Waals surface area contributed by atoms with Crippen LogP contribution in [0.25, 0.3) is 0 Å². The summed E-state index contributed by atoms with van der Waals surface area (Å²) in [4.78, 5) is 21.6. The van der Waals surface area contributed by atoms with Crippen molar-refractivity contribution in [2.75, 3.05) is 20.1 Å². The van der Waals surface area contributed by atoms with Gasteiger partial charge in [0.2, 0.25) is 5.91 Å². The highest BCUT2D eigenvalue weighted by atomic mass is 32.2. The van der Waals surface area contributed by atoms with Gasteiger partial charge in [0, 0.05) is 19.6 Å². The lowest BCUT2D eigenvalue weighted by molar-refractivity contribution is -0.137. The number of carbonyl (C=O) groups excluding carboxylic acids is 1. The Kier molecular flexibility index (Phi) is 5.90. The number of amides is 1. The van der Waals surface area contributed by atoms with Crippen molar-refractivity contribution in [3.8, 4) is 0 Å². The SMILES string of the molecule is CN(CCC(=O)O)S(=O)(=O)N(CC(N)=O)C1CCCC1. The molecule has 116 valence electrons. The van der Waals surface area contributed by atoms with E-state index in [2.05, 4.69) is 0 Å². The maximum absolute atomic E-state index is 12.4. The molecular weight excluding hydrogens is 286 g/mol. The molecule has 0 bridgehead atoms. The number of carbonyl (C=O) groups is 2. The molecule has 0 aromatic rings. The molecule has 1 fully saturated rings. The third-order valence-corrected chi connectivity index (χ3v) is 5.36. The number of carboxylic acids is 1. The van der Waals surface area contributed by atoms with Crippen LogP contribution in [0.15, 0.2) is 0 Å². The summed E-state index contributed by atoms with van der Waals surface area (Å²) in [6.07, 6.45) is 2.92. The zero-order chi connectivity index (χ0) is 15.3. The van der Waals surface area contributed by atoms with Crippen molar-refractivity contribution >= 4 is 22.1 Å². The number of nitrogens with two attached hydrogens (primary N) is 1. The highest BCUT2D eigenvalue weighted by Gasteiger charge is 2.35. The predicted octanol–water partition coefficient (Wildman–Crippen LogP) is -0.632. The van der Waals surface area contributed by atoms with Crippen LogP contribution < -0.4 is 5.73 Å². The Hall–Kier alpha value is -1.19. The molecule has 0 aromatic carbocycles. The van der Waals surface area contributed by atoms with Crippen molar-refractivity contribution in [2.45, 2.75) is 38.1 Å². The maximum Gasteiger partial charge on any atom is 0.304 e. The summed E-state index contributed by atoms with van der Waals surface area (Å²) < 4.78 is 26.9. The van der Waals surface area contributed by atoms with Crippen LogP contribution in [0.3, 0.4) is 0 Å². The summed E-state index contributed by atoms with van der Waals surface area (Å²) in [7, 11) is -2.57. The van der Waals surface area contributed by atoms with Gasteiger partial charge in [-0.25, -0.2) is 0 Å². The number of nitrogens with zero attached hydrogens (tertiary/aromatic N) is 2. The third-order valence-electron chi connectivity index (χ3n) is 3.37. The van der Waals surface area contributed by atoms with Crippen LogP contribution >= 0.6 is 0 Å². The molecule has 0 aromatic heterocycles. The van der Waals surface area contributed by atoms with E-state index in [1.807, 2.05) is 0 Å². The fourth-order valence-corrected chi connectivity index (χ4v) is 3.85. The van der Waals surface area contributed by atoms with Crippen LogP contribution in [-0.4, -0.2) is 60.2 Å². The van der Waals surface area contributed by atoms with Gasteiger partial charge in [-0.05, 0) is 12.8 Å². The van der Waals surface area contributed by atoms with E-state index in [0.29, 0.717) is 12.8 Å². The average molecular weight is 307 g/mol. The number of aliphatic carboxylic acids is 1. The standard InChI is InChI=1S/C11H21N3O5S/c1-13(7-6-11(16)17)20(18,19)14(8-10(12)15)9-4-2-3-5-9/h9H,2-8H2,1H3,(H2,12,15)(H,16,17). The van der Waals surface area contributed by atoms with Gasteiger partial charge in [-0.15, -0.1) is 0 Å². The number of primary amides is 1. The van der Waals surface area contributed by atoms with Gasteiger partial charge in [0.15, 0.2) is 0 Å². The Morgan fingerprint density at radius 2 is 1.85 bits per heavy atom. The lowest BCUT2D eigenvalue weighted by Gasteiger charge is -2.30. The highest BCUT2D eigenvalue weighted by molar-refractivity contribution is 7.86. The van der Waals surface area contributed by atoms with E-state index in [1.54, 1.807) is 0 Å². The second-order valence-electron chi connectivity index (χ2n) is 4.92. The molecule has 0 heterocycles. The molecule has 9 heteroatoms. The van der Waals surface area contributed by atoms with Crippen LogP contribution in [0.4, 0.5) is 0 Å².